The zero-order valence-electron chi connectivity index (χ0n) is 12.2. The number of halogens is 1. The van der Waals surface area contributed by atoms with E-state index in [1.54, 1.807) is 18.2 Å². The summed E-state index contributed by atoms with van der Waals surface area (Å²) in [7, 11) is 1.40. The van der Waals surface area contributed by atoms with Gasteiger partial charge in [0, 0.05) is 24.8 Å². The Bertz CT molecular complexity index is 905. The van der Waals surface area contributed by atoms with Gasteiger partial charge in [-0.3, -0.25) is 24.6 Å². The summed E-state index contributed by atoms with van der Waals surface area (Å²) in [6.45, 7) is 0. The first kappa shape index (κ1) is 16.3. The van der Waals surface area contributed by atoms with Crippen molar-refractivity contribution in [2.45, 2.75) is 0 Å². The zero-order valence-corrected chi connectivity index (χ0v) is 13.8. The van der Waals surface area contributed by atoms with Gasteiger partial charge >= 0.3 is 0 Å². The molecule has 7 nitrogen and oxygen atoms in total. The molecule has 0 aliphatic carbocycles. The van der Waals surface area contributed by atoms with Crippen LogP contribution in [0.5, 0.6) is 0 Å². The second-order valence-electron chi connectivity index (χ2n) is 4.87. The van der Waals surface area contributed by atoms with E-state index < -0.39 is 10.8 Å². The molecule has 1 aromatic carbocycles. The normalized spacial score (nSPS) is 16.2. The fraction of sp³-hybridized carbons (Fsp3) is 0.0667. The summed E-state index contributed by atoms with van der Waals surface area (Å²) in [5.74, 6) is 0.350. The van der Waals surface area contributed by atoms with Crippen LogP contribution in [0.15, 0.2) is 39.7 Å². The molecule has 0 spiro atoms. The zero-order chi connectivity index (χ0) is 17.4. The number of rotatable bonds is 3. The van der Waals surface area contributed by atoms with Crippen LogP contribution in [0.25, 0.3) is 17.4 Å². The Morgan fingerprint density at radius 2 is 2.04 bits per heavy atom. The molecule has 1 saturated heterocycles. The van der Waals surface area contributed by atoms with E-state index in [1.807, 2.05) is 0 Å². The highest BCUT2D eigenvalue weighted by molar-refractivity contribution is 8.18. The molecule has 2 aromatic rings. The molecule has 1 aliphatic rings. The summed E-state index contributed by atoms with van der Waals surface area (Å²) in [5, 5.41) is 10.6. The lowest BCUT2D eigenvalue weighted by Crippen LogP contribution is -2.22. The van der Waals surface area contributed by atoms with Gasteiger partial charge in [-0.1, -0.05) is 11.6 Å². The molecular weight excluding hydrogens is 356 g/mol. The van der Waals surface area contributed by atoms with Crippen LogP contribution in [0, 0.1) is 10.1 Å². The number of imide groups is 1. The SMILES string of the molecule is CN1C(=O)S/C(=C/c2ccc(-c3ccc(Cl)c([N+](=O)[O-])c3)o2)C1=O. The lowest BCUT2D eigenvalue weighted by Gasteiger charge is -2.00. The predicted octanol–water partition coefficient (Wildman–Crippen LogP) is 4.17. The average molecular weight is 365 g/mol. The van der Waals surface area contributed by atoms with Crippen molar-refractivity contribution < 1.29 is 18.9 Å². The minimum atomic E-state index is -0.576. The van der Waals surface area contributed by atoms with Gasteiger partial charge in [0.05, 0.1) is 9.83 Å². The summed E-state index contributed by atoms with van der Waals surface area (Å²) in [6, 6.07) is 7.55. The number of amides is 2. The number of likely N-dealkylation sites (N-methyl/N-ethyl adjacent to an activating group) is 1. The van der Waals surface area contributed by atoms with Crippen LogP contribution < -0.4 is 0 Å². The smallest absolute Gasteiger partial charge is 0.293 e. The summed E-state index contributed by atoms with van der Waals surface area (Å²) in [4.78, 5) is 34.9. The van der Waals surface area contributed by atoms with E-state index in [1.165, 1.54) is 25.3 Å². The quantitative estimate of drug-likeness (QED) is 0.461. The highest BCUT2D eigenvalue weighted by Gasteiger charge is 2.32. The van der Waals surface area contributed by atoms with Crippen LogP contribution in [0.2, 0.25) is 5.02 Å². The number of nitro benzene ring substituents is 1. The first-order chi connectivity index (χ1) is 11.4. The maximum absolute atomic E-state index is 11.8. The Hall–Kier alpha value is -2.58. The number of nitrogens with zero attached hydrogens (tertiary/aromatic N) is 2. The van der Waals surface area contributed by atoms with Gasteiger partial charge in [0.15, 0.2) is 0 Å². The molecule has 0 bridgehead atoms. The molecule has 0 saturated carbocycles. The van der Waals surface area contributed by atoms with Crippen molar-refractivity contribution in [3.8, 4) is 11.3 Å². The van der Waals surface area contributed by atoms with Crippen LogP contribution in [0.1, 0.15) is 5.76 Å². The van der Waals surface area contributed by atoms with E-state index in [4.69, 9.17) is 16.0 Å². The number of benzene rings is 1. The minimum absolute atomic E-state index is 0.0344. The van der Waals surface area contributed by atoms with E-state index >= 15 is 0 Å². The highest BCUT2D eigenvalue weighted by atomic mass is 35.5. The number of thioether (sulfide) groups is 1. The van der Waals surface area contributed by atoms with Crippen molar-refractivity contribution in [2.24, 2.45) is 0 Å². The molecule has 1 fully saturated rings. The Balaban J connectivity index is 1.92. The number of carbonyl (C=O) groups is 2. The first-order valence-electron chi connectivity index (χ1n) is 6.62. The summed E-state index contributed by atoms with van der Waals surface area (Å²) >= 11 is 6.60. The molecule has 3 rings (SSSR count). The van der Waals surface area contributed by atoms with E-state index in [0.717, 1.165) is 16.7 Å². The molecule has 24 heavy (non-hydrogen) atoms. The summed E-state index contributed by atoms with van der Waals surface area (Å²) in [5.41, 5.74) is 0.258. The number of nitro groups is 1. The van der Waals surface area contributed by atoms with Crippen LogP contribution in [0.3, 0.4) is 0 Å². The van der Waals surface area contributed by atoms with E-state index in [9.17, 15) is 19.7 Å². The standard InChI is InChI=1S/C15H9ClN2O5S/c1-17-14(19)13(24-15(17)20)7-9-3-5-12(23-9)8-2-4-10(16)11(6-8)18(21)22/h2-7H,1H3/b13-7+. The Labute approximate surface area is 145 Å². The number of hydrogen-bond acceptors (Lipinski definition) is 6. The third-order valence-electron chi connectivity index (χ3n) is 3.31. The van der Waals surface area contributed by atoms with E-state index in [2.05, 4.69) is 0 Å². The Morgan fingerprint density at radius 1 is 1.29 bits per heavy atom. The van der Waals surface area contributed by atoms with Gasteiger partial charge in [-0.25, -0.2) is 0 Å². The van der Waals surface area contributed by atoms with Gasteiger partial charge in [-0.15, -0.1) is 0 Å². The Kier molecular flexibility index (Phi) is 4.16. The third kappa shape index (κ3) is 2.93. The van der Waals surface area contributed by atoms with Crippen molar-refractivity contribution >= 4 is 46.3 Å². The van der Waals surface area contributed by atoms with Crippen LogP contribution in [-0.2, 0) is 4.79 Å². The fourth-order valence-corrected chi connectivity index (χ4v) is 3.06. The topological polar surface area (TPSA) is 93.7 Å². The lowest BCUT2D eigenvalue weighted by molar-refractivity contribution is -0.384. The van der Waals surface area contributed by atoms with E-state index in [0.29, 0.717) is 17.1 Å². The van der Waals surface area contributed by atoms with Crippen LogP contribution in [-0.4, -0.2) is 28.0 Å². The van der Waals surface area contributed by atoms with Gasteiger partial charge in [-0.2, -0.15) is 0 Å². The number of furan rings is 1. The van der Waals surface area contributed by atoms with Crippen LogP contribution >= 0.6 is 23.4 Å². The van der Waals surface area contributed by atoms with Gasteiger partial charge in [0.25, 0.3) is 16.8 Å². The van der Waals surface area contributed by atoms with Crippen molar-refractivity contribution in [2.75, 3.05) is 7.05 Å². The van der Waals surface area contributed by atoms with Crippen molar-refractivity contribution in [1.29, 1.82) is 0 Å². The molecule has 2 amide bonds. The molecule has 1 aromatic heterocycles. The molecule has 0 unspecified atom stereocenters. The highest BCUT2D eigenvalue weighted by Crippen LogP contribution is 2.34. The third-order valence-corrected chi connectivity index (χ3v) is 4.59. The molecular formula is C15H9ClN2O5S. The molecule has 2 heterocycles. The first-order valence-corrected chi connectivity index (χ1v) is 7.82. The molecule has 0 atom stereocenters. The molecule has 0 radical (unpaired) electrons. The molecule has 122 valence electrons. The van der Waals surface area contributed by atoms with Crippen molar-refractivity contribution in [3.63, 3.8) is 0 Å². The lowest BCUT2D eigenvalue weighted by atomic mass is 10.1. The molecule has 1 aliphatic heterocycles. The summed E-state index contributed by atoms with van der Waals surface area (Å²) < 4.78 is 5.59. The maximum Gasteiger partial charge on any atom is 0.293 e. The minimum Gasteiger partial charge on any atom is -0.457 e. The molecule has 0 N–H and O–H groups in total. The van der Waals surface area contributed by atoms with Gasteiger partial charge in [0.2, 0.25) is 0 Å². The Morgan fingerprint density at radius 3 is 2.67 bits per heavy atom. The largest absolute Gasteiger partial charge is 0.457 e. The maximum atomic E-state index is 11.8. The second-order valence-corrected chi connectivity index (χ2v) is 6.27. The van der Waals surface area contributed by atoms with Crippen LogP contribution in [0.4, 0.5) is 10.5 Å². The fourth-order valence-electron chi connectivity index (χ4n) is 2.07. The van der Waals surface area contributed by atoms with Gasteiger partial charge in [0.1, 0.15) is 16.5 Å². The number of carbonyl (C=O) groups excluding carboxylic acids is 2. The number of hydrogen-bond donors (Lipinski definition) is 0. The predicted molar refractivity (Wildman–Crippen MR) is 89.5 cm³/mol. The van der Waals surface area contributed by atoms with Crippen molar-refractivity contribution in [3.05, 3.63) is 56.1 Å². The average Bonchev–Trinajstić information content (AvgIpc) is 3.09. The monoisotopic (exact) mass is 364 g/mol. The van der Waals surface area contributed by atoms with E-state index in [-0.39, 0.29) is 20.9 Å². The summed E-state index contributed by atoms with van der Waals surface area (Å²) in [6.07, 6.45) is 1.46. The second kappa shape index (κ2) is 6.14. The molecule has 9 heteroatoms. The van der Waals surface area contributed by atoms with Crippen molar-refractivity contribution in [1.82, 2.24) is 4.90 Å². The van der Waals surface area contributed by atoms with Gasteiger partial charge in [-0.05, 0) is 36.0 Å². The van der Waals surface area contributed by atoms with Gasteiger partial charge < -0.3 is 4.42 Å².